The van der Waals surface area contributed by atoms with Crippen LogP contribution in [0.15, 0.2) is 48.7 Å². The molecule has 0 bridgehead atoms. The van der Waals surface area contributed by atoms with E-state index in [4.69, 9.17) is 0 Å². The smallest absolute Gasteiger partial charge is 0.269 e. The van der Waals surface area contributed by atoms with Crippen molar-refractivity contribution in [3.05, 3.63) is 59.9 Å². The first-order valence-corrected chi connectivity index (χ1v) is 9.53. The molecule has 0 radical (unpaired) electrons. The van der Waals surface area contributed by atoms with Crippen molar-refractivity contribution in [1.29, 1.82) is 0 Å². The highest BCUT2D eigenvalue weighted by Gasteiger charge is 2.23. The highest BCUT2D eigenvalue weighted by Crippen LogP contribution is 2.17. The maximum absolute atomic E-state index is 12.9. The molecule has 3 rings (SSSR count). The average Bonchev–Trinajstić information content (AvgIpc) is 2.74. The number of rotatable bonds is 6. The van der Waals surface area contributed by atoms with E-state index in [1.165, 1.54) is 11.9 Å². The molecule has 1 N–H and O–H groups in total. The van der Waals surface area contributed by atoms with Gasteiger partial charge in [-0.1, -0.05) is 18.2 Å². The molecule has 0 saturated carbocycles. The van der Waals surface area contributed by atoms with E-state index in [-0.39, 0.29) is 17.5 Å². The minimum absolute atomic E-state index is 0.0579. The third-order valence-corrected chi connectivity index (χ3v) is 4.77. The van der Waals surface area contributed by atoms with E-state index in [1.807, 2.05) is 42.1 Å². The Morgan fingerprint density at radius 3 is 2.46 bits per heavy atom. The number of nitrogens with one attached hydrogen (secondary N) is 1. The number of amides is 2. The molecule has 1 aromatic heterocycles. The minimum atomic E-state index is -0.259. The van der Waals surface area contributed by atoms with Gasteiger partial charge in [-0.15, -0.1) is 0 Å². The molecule has 2 aromatic rings. The van der Waals surface area contributed by atoms with Gasteiger partial charge in [0.05, 0.1) is 0 Å². The van der Waals surface area contributed by atoms with Crippen molar-refractivity contribution >= 4 is 17.5 Å². The maximum Gasteiger partial charge on any atom is 0.269 e. The first-order valence-electron chi connectivity index (χ1n) is 9.53. The molecule has 1 saturated heterocycles. The number of likely N-dealkylation sites (N-methyl/N-ethyl adjacent to an activating group) is 1. The number of anilines is 1. The number of nitrogens with zero attached hydrogens (tertiary/aromatic N) is 4. The van der Waals surface area contributed by atoms with Gasteiger partial charge in [-0.05, 0) is 38.4 Å². The monoisotopic (exact) mass is 381 g/mol. The highest BCUT2D eigenvalue weighted by atomic mass is 16.2. The Bertz CT molecular complexity index is 801. The first-order chi connectivity index (χ1) is 13.5. The maximum atomic E-state index is 12.9. The summed E-state index contributed by atoms with van der Waals surface area (Å²) in [6, 6.07) is 13.5. The lowest BCUT2D eigenvalue weighted by Crippen LogP contribution is -2.48. The minimum Gasteiger partial charge on any atom is -0.368 e. The van der Waals surface area contributed by atoms with E-state index in [2.05, 4.69) is 27.3 Å². The number of para-hydroxylation sites is 1. The number of aromatic nitrogens is 1. The summed E-state index contributed by atoms with van der Waals surface area (Å²) in [5.41, 5.74) is 1.95. The molecule has 7 nitrogen and oxygen atoms in total. The lowest BCUT2D eigenvalue weighted by atomic mass is 10.1. The lowest BCUT2D eigenvalue weighted by Gasteiger charge is -2.36. The van der Waals surface area contributed by atoms with Crippen LogP contribution in [0.4, 0.5) is 5.69 Å². The van der Waals surface area contributed by atoms with Crippen LogP contribution in [0.25, 0.3) is 0 Å². The van der Waals surface area contributed by atoms with Gasteiger partial charge in [0.2, 0.25) is 0 Å². The number of piperazine rings is 1. The predicted molar refractivity (Wildman–Crippen MR) is 110 cm³/mol. The van der Waals surface area contributed by atoms with Crippen LogP contribution in [-0.2, 0) is 0 Å². The van der Waals surface area contributed by atoms with E-state index in [0.29, 0.717) is 25.2 Å². The Morgan fingerprint density at radius 2 is 1.79 bits per heavy atom. The molecule has 2 heterocycles. The first kappa shape index (κ1) is 19.8. The molecule has 148 valence electrons. The molecule has 0 aliphatic carbocycles. The molecular weight excluding hydrogens is 354 g/mol. The highest BCUT2D eigenvalue weighted by molar-refractivity contribution is 5.98. The fraction of sp³-hybridized carbons (Fsp3) is 0.381. The second kappa shape index (κ2) is 9.32. The third kappa shape index (κ3) is 5.07. The van der Waals surface area contributed by atoms with Gasteiger partial charge in [0.15, 0.2) is 0 Å². The van der Waals surface area contributed by atoms with Gasteiger partial charge in [-0.2, -0.15) is 0 Å². The Kier molecular flexibility index (Phi) is 6.60. The SMILES string of the molecule is CN(C)CCNC(=O)c1cc(C(=O)N2CCN(c3ccccc3)CC2)ccn1. The molecule has 7 heteroatoms. The Hall–Kier alpha value is -2.93. The van der Waals surface area contributed by atoms with Crippen LogP contribution in [0, 0.1) is 0 Å². The molecule has 0 spiro atoms. The molecule has 0 atom stereocenters. The summed E-state index contributed by atoms with van der Waals surface area (Å²) in [4.78, 5) is 35.3. The molecule has 28 heavy (non-hydrogen) atoms. The van der Waals surface area contributed by atoms with Crippen LogP contribution in [0.3, 0.4) is 0 Å². The van der Waals surface area contributed by atoms with Crippen molar-refractivity contribution in [3.63, 3.8) is 0 Å². The van der Waals surface area contributed by atoms with Crippen LogP contribution < -0.4 is 10.2 Å². The van der Waals surface area contributed by atoms with Crippen molar-refractivity contribution in [2.45, 2.75) is 0 Å². The van der Waals surface area contributed by atoms with Crippen molar-refractivity contribution in [3.8, 4) is 0 Å². The van der Waals surface area contributed by atoms with E-state index >= 15 is 0 Å². The zero-order valence-corrected chi connectivity index (χ0v) is 16.5. The van der Waals surface area contributed by atoms with Crippen molar-refractivity contribution in [2.75, 3.05) is 58.3 Å². The van der Waals surface area contributed by atoms with Gasteiger partial charge in [0.25, 0.3) is 11.8 Å². The molecule has 1 aliphatic rings. The van der Waals surface area contributed by atoms with Gasteiger partial charge in [-0.25, -0.2) is 0 Å². The summed E-state index contributed by atoms with van der Waals surface area (Å²) in [6.45, 7) is 4.17. The Morgan fingerprint density at radius 1 is 1.07 bits per heavy atom. The fourth-order valence-electron chi connectivity index (χ4n) is 3.16. The zero-order valence-electron chi connectivity index (χ0n) is 16.5. The quantitative estimate of drug-likeness (QED) is 0.818. The predicted octanol–water partition coefficient (Wildman–Crippen LogP) is 1.34. The van der Waals surface area contributed by atoms with Crippen molar-refractivity contribution in [2.24, 2.45) is 0 Å². The third-order valence-electron chi connectivity index (χ3n) is 4.77. The van der Waals surface area contributed by atoms with Gasteiger partial charge in [0.1, 0.15) is 5.69 Å². The normalized spacial score (nSPS) is 14.2. The van der Waals surface area contributed by atoms with E-state index in [0.717, 1.165) is 19.6 Å². The summed E-state index contributed by atoms with van der Waals surface area (Å²) in [7, 11) is 3.89. The van der Waals surface area contributed by atoms with Gasteiger partial charge in [-0.3, -0.25) is 14.6 Å². The summed E-state index contributed by atoms with van der Waals surface area (Å²) < 4.78 is 0. The second-order valence-corrected chi connectivity index (χ2v) is 7.10. The van der Waals surface area contributed by atoms with Crippen LogP contribution in [0.1, 0.15) is 20.8 Å². The summed E-state index contributed by atoms with van der Waals surface area (Å²) in [5.74, 6) is -0.317. The zero-order chi connectivity index (χ0) is 19.9. The summed E-state index contributed by atoms with van der Waals surface area (Å²) >= 11 is 0. The average molecular weight is 381 g/mol. The Labute approximate surface area is 166 Å². The molecule has 2 amide bonds. The number of carbonyl (C=O) groups excluding carboxylic acids is 2. The van der Waals surface area contributed by atoms with E-state index < -0.39 is 0 Å². The largest absolute Gasteiger partial charge is 0.368 e. The van der Waals surface area contributed by atoms with Crippen LogP contribution in [-0.4, -0.2) is 80.0 Å². The van der Waals surface area contributed by atoms with Gasteiger partial charge >= 0.3 is 0 Å². The Balaban J connectivity index is 1.58. The summed E-state index contributed by atoms with van der Waals surface area (Å²) in [6.07, 6.45) is 1.52. The molecule has 0 unspecified atom stereocenters. The van der Waals surface area contributed by atoms with Gasteiger partial charge < -0.3 is 20.0 Å². The fourth-order valence-corrected chi connectivity index (χ4v) is 3.16. The van der Waals surface area contributed by atoms with Crippen LogP contribution in [0.2, 0.25) is 0 Å². The summed E-state index contributed by atoms with van der Waals surface area (Å²) in [5, 5.41) is 2.83. The molecule has 1 aliphatic heterocycles. The molecular formula is C21H27N5O2. The lowest BCUT2D eigenvalue weighted by molar-refractivity contribution is 0.0746. The number of benzene rings is 1. The van der Waals surface area contributed by atoms with E-state index in [1.54, 1.807) is 12.1 Å². The number of hydrogen-bond donors (Lipinski definition) is 1. The van der Waals surface area contributed by atoms with Crippen molar-refractivity contribution < 1.29 is 9.59 Å². The second-order valence-electron chi connectivity index (χ2n) is 7.10. The number of pyridine rings is 1. The van der Waals surface area contributed by atoms with Gasteiger partial charge in [0, 0.05) is 56.7 Å². The van der Waals surface area contributed by atoms with Crippen molar-refractivity contribution in [1.82, 2.24) is 20.1 Å². The number of hydrogen-bond acceptors (Lipinski definition) is 5. The molecule has 1 fully saturated rings. The number of carbonyl (C=O) groups is 2. The van der Waals surface area contributed by atoms with E-state index in [9.17, 15) is 9.59 Å². The van der Waals surface area contributed by atoms with Crippen LogP contribution >= 0.6 is 0 Å². The standard InChI is InChI=1S/C21H27N5O2/c1-24(2)11-10-23-20(27)19-16-17(8-9-22-19)21(28)26-14-12-25(13-15-26)18-6-4-3-5-7-18/h3-9,16H,10-15H2,1-2H3,(H,23,27). The topological polar surface area (TPSA) is 68.8 Å². The van der Waals surface area contributed by atoms with Crippen LogP contribution in [0.5, 0.6) is 0 Å². The molecule has 1 aromatic carbocycles.